The SMILES string of the molecule is CC(C)(C)OC(=O)N[C@@H]1CC[C@@H](C(=O)O)C1.CN(C)C(=O)[C@@H]1CC[C@@H](N)C1.CN(C)C(=O)[C@@H]1CC[C@@H](NC(=O)OC(C)(C)C)C1. The first kappa shape index (κ1) is 39.9. The van der Waals surface area contributed by atoms with Crippen LogP contribution in [0, 0.1) is 17.8 Å². The van der Waals surface area contributed by atoms with Gasteiger partial charge >= 0.3 is 18.2 Å². The lowest BCUT2D eigenvalue weighted by atomic mass is 10.1. The van der Waals surface area contributed by atoms with E-state index in [1.165, 1.54) is 0 Å². The lowest BCUT2D eigenvalue weighted by molar-refractivity contribution is -0.141. The number of amides is 4. The normalized spacial score (nSPS) is 25.8. The van der Waals surface area contributed by atoms with Crippen LogP contribution in [0.1, 0.15) is 99.3 Å². The number of carbonyl (C=O) groups is 5. The zero-order valence-corrected chi connectivity index (χ0v) is 29.1. The average Bonchev–Trinajstić information content (AvgIpc) is 3.63. The van der Waals surface area contributed by atoms with E-state index >= 15 is 0 Å². The zero-order valence-electron chi connectivity index (χ0n) is 29.1. The second kappa shape index (κ2) is 17.6. The van der Waals surface area contributed by atoms with E-state index in [1.54, 1.807) is 58.8 Å². The molecule has 0 radical (unpaired) electrons. The van der Waals surface area contributed by atoms with E-state index in [9.17, 15) is 24.0 Å². The molecule has 0 bridgehead atoms. The quantitative estimate of drug-likeness (QED) is 0.348. The van der Waals surface area contributed by atoms with Gasteiger partial charge in [0.1, 0.15) is 11.2 Å². The van der Waals surface area contributed by atoms with E-state index < -0.39 is 29.4 Å². The number of carboxylic acid groups (broad SMARTS) is 1. The molecule has 0 aromatic carbocycles. The number of nitrogens with one attached hydrogen (secondary N) is 2. The second-order valence-corrected chi connectivity index (χ2v) is 14.8. The molecule has 0 heterocycles. The first-order valence-corrected chi connectivity index (χ1v) is 16.0. The number of rotatable bonds is 5. The van der Waals surface area contributed by atoms with Crippen LogP contribution in [0.4, 0.5) is 9.59 Å². The fourth-order valence-corrected chi connectivity index (χ4v) is 5.59. The standard InChI is InChI=1S/C13H24N2O3.C11H19NO4.C8H16N2O/c1-13(2,3)18-12(17)14-10-7-6-9(8-10)11(16)15(4)5;1-11(2,3)16-10(15)12-8-5-4-7(6-8)9(13)14;1-10(2)8(11)6-3-4-7(9)5-6/h9-10H,6-8H2,1-5H3,(H,14,17);7-8H,4-6H2,1-3H3,(H,12,15)(H,13,14);6-7H,3-5,9H2,1-2H3/t9-,10-;7-,8-;6-,7-/m111/s1. The number of ether oxygens (including phenoxy) is 2. The number of nitrogens with zero attached hydrogens (tertiary/aromatic N) is 2. The van der Waals surface area contributed by atoms with Crippen LogP contribution in [0.15, 0.2) is 0 Å². The maximum atomic E-state index is 11.8. The summed E-state index contributed by atoms with van der Waals surface area (Å²) in [5, 5.41) is 14.3. The van der Waals surface area contributed by atoms with Crippen LogP contribution in [0.5, 0.6) is 0 Å². The minimum atomic E-state index is -0.784. The molecule has 3 aliphatic rings. The predicted octanol–water partition coefficient (Wildman–Crippen LogP) is 3.73. The Morgan fingerprint density at radius 2 is 0.978 bits per heavy atom. The van der Waals surface area contributed by atoms with Crippen LogP contribution >= 0.6 is 0 Å². The molecule has 45 heavy (non-hydrogen) atoms. The molecule has 0 spiro atoms. The summed E-state index contributed by atoms with van der Waals surface area (Å²) in [7, 11) is 7.12. The molecule has 3 aliphatic carbocycles. The van der Waals surface area contributed by atoms with Gasteiger partial charge in [0.05, 0.1) is 5.92 Å². The van der Waals surface area contributed by atoms with Crippen molar-refractivity contribution in [3.05, 3.63) is 0 Å². The van der Waals surface area contributed by atoms with Crippen molar-refractivity contribution in [1.82, 2.24) is 20.4 Å². The highest BCUT2D eigenvalue weighted by Crippen LogP contribution is 2.28. The highest BCUT2D eigenvalue weighted by Gasteiger charge is 2.33. The molecule has 6 atom stereocenters. The molecule has 260 valence electrons. The fraction of sp³-hybridized carbons (Fsp3) is 0.844. The van der Waals surface area contributed by atoms with Crippen LogP contribution in [0.2, 0.25) is 0 Å². The van der Waals surface area contributed by atoms with Crippen molar-refractivity contribution >= 4 is 30.0 Å². The van der Waals surface area contributed by atoms with E-state index in [0.29, 0.717) is 25.7 Å². The van der Waals surface area contributed by atoms with Gasteiger partial charge in [-0.3, -0.25) is 14.4 Å². The number of carboxylic acids is 1. The smallest absolute Gasteiger partial charge is 0.407 e. The van der Waals surface area contributed by atoms with E-state index in [2.05, 4.69) is 10.6 Å². The van der Waals surface area contributed by atoms with Crippen molar-refractivity contribution in [3.63, 3.8) is 0 Å². The van der Waals surface area contributed by atoms with Crippen molar-refractivity contribution in [2.75, 3.05) is 28.2 Å². The second-order valence-electron chi connectivity index (χ2n) is 14.8. The highest BCUT2D eigenvalue weighted by molar-refractivity contribution is 5.79. The molecule has 3 saturated carbocycles. The summed E-state index contributed by atoms with van der Waals surface area (Å²) >= 11 is 0. The molecule has 0 aromatic rings. The van der Waals surface area contributed by atoms with Crippen LogP contribution in [0.3, 0.4) is 0 Å². The van der Waals surface area contributed by atoms with Crippen molar-refractivity contribution in [3.8, 4) is 0 Å². The molecule has 4 amide bonds. The fourth-order valence-electron chi connectivity index (χ4n) is 5.59. The molecule has 13 heteroatoms. The Balaban J connectivity index is 0.000000347. The molecule has 5 N–H and O–H groups in total. The van der Waals surface area contributed by atoms with E-state index in [0.717, 1.165) is 32.1 Å². The first-order valence-electron chi connectivity index (χ1n) is 16.0. The van der Waals surface area contributed by atoms with Crippen LogP contribution < -0.4 is 16.4 Å². The van der Waals surface area contributed by atoms with Gasteiger partial charge in [-0.1, -0.05) is 0 Å². The van der Waals surface area contributed by atoms with Gasteiger partial charge in [-0.2, -0.15) is 0 Å². The largest absolute Gasteiger partial charge is 0.481 e. The molecule has 0 saturated heterocycles. The highest BCUT2D eigenvalue weighted by atomic mass is 16.6. The Hall–Kier alpha value is -3.09. The van der Waals surface area contributed by atoms with E-state index in [4.69, 9.17) is 20.3 Å². The van der Waals surface area contributed by atoms with Crippen molar-refractivity contribution in [2.45, 2.75) is 129 Å². The lowest BCUT2D eigenvalue weighted by Crippen LogP contribution is -2.38. The van der Waals surface area contributed by atoms with Gasteiger partial charge in [0.2, 0.25) is 11.8 Å². The third-order valence-corrected chi connectivity index (χ3v) is 7.71. The Labute approximate surface area is 269 Å². The maximum Gasteiger partial charge on any atom is 0.407 e. The van der Waals surface area contributed by atoms with Gasteiger partial charge in [0, 0.05) is 58.2 Å². The van der Waals surface area contributed by atoms with Crippen molar-refractivity contribution in [2.24, 2.45) is 23.5 Å². The van der Waals surface area contributed by atoms with Crippen molar-refractivity contribution < 1.29 is 38.6 Å². The third-order valence-electron chi connectivity index (χ3n) is 7.71. The van der Waals surface area contributed by atoms with E-state index in [-0.39, 0.29) is 47.7 Å². The van der Waals surface area contributed by atoms with Crippen LogP contribution in [-0.4, -0.2) is 102 Å². The molecule has 0 aromatic heterocycles. The third kappa shape index (κ3) is 16.2. The van der Waals surface area contributed by atoms with Gasteiger partial charge < -0.3 is 40.7 Å². The molecular formula is C32H59N5O8. The summed E-state index contributed by atoms with van der Waals surface area (Å²) in [4.78, 5) is 60.1. The predicted molar refractivity (Wildman–Crippen MR) is 171 cm³/mol. The molecule has 3 rings (SSSR count). The van der Waals surface area contributed by atoms with Gasteiger partial charge in [0.15, 0.2) is 0 Å². The van der Waals surface area contributed by atoms with Crippen LogP contribution in [-0.2, 0) is 23.9 Å². The number of aliphatic carboxylic acids is 1. The monoisotopic (exact) mass is 641 g/mol. The minimum absolute atomic E-state index is 0.0277. The average molecular weight is 642 g/mol. The summed E-state index contributed by atoms with van der Waals surface area (Å²) < 4.78 is 10.3. The van der Waals surface area contributed by atoms with E-state index in [1.807, 2.05) is 20.8 Å². The van der Waals surface area contributed by atoms with Gasteiger partial charge in [-0.05, 0) is 99.3 Å². The Morgan fingerprint density at radius 3 is 1.29 bits per heavy atom. The minimum Gasteiger partial charge on any atom is -0.481 e. The molecular weight excluding hydrogens is 582 g/mol. The molecule has 13 nitrogen and oxygen atoms in total. The molecule has 3 fully saturated rings. The summed E-state index contributed by atoms with van der Waals surface area (Å²) in [6.45, 7) is 10.9. The number of hydrogen-bond donors (Lipinski definition) is 4. The summed E-state index contributed by atoms with van der Waals surface area (Å²) in [5.74, 6) is -0.519. The first-order chi connectivity index (χ1) is 20.6. The van der Waals surface area contributed by atoms with Gasteiger partial charge in [-0.15, -0.1) is 0 Å². The molecule has 0 aliphatic heterocycles. The summed E-state index contributed by atoms with van der Waals surface area (Å²) in [6.07, 6.45) is 6.17. The number of hydrogen-bond acceptors (Lipinski definition) is 8. The number of nitrogens with two attached hydrogens (primary N) is 1. The Kier molecular flexibility index (Phi) is 15.6. The van der Waals surface area contributed by atoms with Crippen LogP contribution in [0.25, 0.3) is 0 Å². The Morgan fingerprint density at radius 1 is 0.622 bits per heavy atom. The zero-order chi connectivity index (χ0) is 34.7. The topological polar surface area (TPSA) is 181 Å². The number of carbonyl (C=O) groups excluding carboxylic acids is 4. The Bertz CT molecular complexity index is 1000. The maximum absolute atomic E-state index is 11.8. The molecule has 0 unspecified atom stereocenters. The lowest BCUT2D eigenvalue weighted by Gasteiger charge is -2.22. The summed E-state index contributed by atoms with van der Waals surface area (Å²) in [6, 6.07) is 0.230. The summed E-state index contributed by atoms with van der Waals surface area (Å²) in [5.41, 5.74) is 4.69. The van der Waals surface area contributed by atoms with Crippen molar-refractivity contribution in [1.29, 1.82) is 0 Å². The number of alkyl carbamates (subject to hydrolysis) is 2. The van der Waals surface area contributed by atoms with Gasteiger partial charge in [-0.25, -0.2) is 9.59 Å². The van der Waals surface area contributed by atoms with Gasteiger partial charge in [0.25, 0.3) is 0 Å².